The van der Waals surface area contributed by atoms with Gasteiger partial charge in [-0.25, -0.2) is 18.1 Å². The summed E-state index contributed by atoms with van der Waals surface area (Å²) in [7, 11) is -3.54. The number of nitrogen functional groups attached to an aromatic ring is 1. The lowest BCUT2D eigenvalue weighted by atomic mass is 9.94. The van der Waals surface area contributed by atoms with Crippen LogP contribution in [0.25, 0.3) is 0 Å². The van der Waals surface area contributed by atoms with Crippen molar-refractivity contribution in [3.63, 3.8) is 0 Å². The summed E-state index contributed by atoms with van der Waals surface area (Å²) < 4.78 is 26.2. The number of hydrogen-bond donors (Lipinski definition) is 2. The van der Waals surface area contributed by atoms with Crippen LogP contribution in [0.1, 0.15) is 19.3 Å². The highest BCUT2D eigenvalue weighted by Gasteiger charge is 2.26. The molecule has 1 aromatic heterocycles. The van der Waals surface area contributed by atoms with Crippen LogP contribution in [0, 0.1) is 0 Å². The first-order valence-electron chi connectivity index (χ1n) is 4.82. The van der Waals surface area contributed by atoms with Gasteiger partial charge in [-0.15, -0.1) is 0 Å². The topological polar surface area (TPSA) is 85.1 Å². The van der Waals surface area contributed by atoms with E-state index in [2.05, 4.69) is 9.71 Å². The van der Waals surface area contributed by atoms with Crippen molar-refractivity contribution in [2.24, 2.45) is 0 Å². The third-order valence-corrected chi connectivity index (χ3v) is 3.98. The summed E-state index contributed by atoms with van der Waals surface area (Å²) in [5.41, 5.74) is 5.74. The van der Waals surface area contributed by atoms with Crippen molar-refractivity contribution in [2.45, 2.75) is 30.3 Å². The lowest BCUT2D eigenvalue weighted by Crippen LogP contribution is -2.39. The minimum atomic E-state index is -3.54. The first kappa shape index (κ1) is 10.4. The zero-order valence-corrected chi connectivity index (χ0v) is 9.00. The molecule has 0 amide bonds. The molecule has 5 nitrogen and oxygen atoms in total. The summed E-state index contributed by atoms with van der Waals surface area (Å²) in [6.45, 7) is 0. The predicted octanol–water partition coefficient (Wildman–Crippen LogP) is 0.495. The van der Waals surface area contributed by atoms with Crippen LogP contribution in [0.15, 0.2) is 23.4 Å². The van der Waals surface area contributed by atoms with Gasteiger partial charge in [0, 0.05) is 12.2 Å². The highest BCUT2D eigenvalue weighted by atomic mass is 32.2. The summed E-state index contributed by atoms with van der Waals surface area (Å²) in [5, 5.41) is -0.0723. The second-order valence-electron chi connectivity index (χ2n) is 3.65. The van der Waals surface area contributed by atoms with E-state index < -0.39 is 10.0 Å². The normalized spacial score (nSPS) is 17.3. The molecule has 6 heteroatoms. The van der Waals surface area contributed by atoms with E-state index in [4.69, 9.17) is 5.73 Å². The van der Waals surface area contributed by atoms with Gasteiger partial charge in [0.2, 0.25) is 0 Å². The fourth-order valence-electron chi connectivity index (χ4n) is 1.43. The number of hydrogen-bond acceptors (Lipinski definition) is 4. The zero-order chi connectivity index (χ0) is 10.9. The minimum absolute atomic E-state index is 0.0522. The van der Waals surface area contributed by atoms with Gasteiger partial charge >= 0.3 is 0 Å². The Labute approximate surface area is 88.8 Å². The van der Waals surface area contributed by atoms with E-state index >= 15 is 0 Å². The maximum absolute atomic E-state index is 11.8. The fourth-order valence-corrected chi connectivity index (χ4v) is 2.79. The Hall–Kier alpha value is -1.14. The number of rotatable bonds is 3. The molecule has 1 saturated carbocycles. The monoisotopic (exact) mass is 227 g/mol. The minimum Gasteiger partial charge on any atom is -0.396 e. The van der Waals surface area contributed by atoms with Crippen LogP contribution in [0.2, 0.25) is 0 Å². The number of anilines is 1. The molecule has 0 saturated heterocycles. The number of nitrogens with zero attached hydrogens (tertiary/aromatic N) is 1. The van der Waals surface area contributed by atoms with Gasteiger partial charge in [0.05, 0.1) is 5.69 Å². The SMILES string of the molecule is Nc1cccnc1S(=O)(=O)NC1CCC1. The molecule has 0 aliphatic heterocycles. The maximum Gasteiger partial charge on any atom is 0.260 e. The van der Waals surface area contributed by atoms with Crippen molar-refractivity contribution in [2.75, 3.05) is 5.73 Å². The number of nitrogens with one attached hydrogen (secondary N) is 1. The molecule has 1 fully saturated rings. The lowest BCUT2D eigenvalue weighted by Gasteiger charge is -2.25. The number of pyridine rings is 1. The molecular weight excluding hydrogens is 214 g/mol. The molecule has 0 aromatic carbocycles. The molecule has 1 aromatic rings. The zero-order valence-electron chi connectivity index (χ0n) is 8.18. The number of aromatic nitrogens is 1. The van der Waals surface area contributed by atoms with E-state index in [0.717, 1.165) is 19.3 Å². The summed E-state index contributed by atoms with van der Waals surface area (Å²) >= 11 is 0. The van der Waals surface area contributed by atoms with Crippen LogP contribution in [0.3, 0.4) is 0 Å². The summed E-state index contributed by atoms with van der Waals surface area (Å²) in [6, 6.07) is 3.19. The summed E-state index contributed by atoms with van der Waals surface area (Å²) in [6.07, 6.45) is 4.29. The number of nitrogens with two attached hydrogens (primary N) is 1. The van der Waals surface area contributed by atoms with Crippen LogP contribution >= 0.6 is 0 Å². The highest BCUT2D eigenvalue weighted by molar-refractivity contribution is 7.89. The van der Waals surface area contributed by atoms with E-state index in [0.29, 0.717) is 0 Å². The Balaban J connectivity index is 2.24. The standard InChI is InChI=1S/C9H13N3O2S/c10-8-5-2-6-11-9(8)15(13,14)12-7-3-1-4-7/h2,5-7,12H,1,3-4,10H2. The Kier molecular flexibility index (Phi) is 2.62. The molecule has 0 unspecified atom stereocenters. The van der Waals surface area contributed by atoms with Gasteiger partial charge < -0.3 is 5.73 Å². The van der Waals surface area contributed by atoms with E-state index in [1.807, 2.05) is 0 Å². The smallest absolute Gasteiger partial charge is 0.260 e. The van der Waals surface area contributed by atoms with E-state index in [-0.39, 0.29) is 16.8 Å². The molecule has 82 valence electrons. The molecule has 0 bridgehead atoms. The van der Waals surface area contributed by atoms with Gasteiger partial charge in [0.25, 0.3) is 10.0 Å². The van der Waals surface area contributed by atoms with Crippen molar-refractivity contribution >= 4 is 15.7 Å². The third-order valence-electron chi connectivity index (χ3n) is 2.48. The molecular formula is C9H13N3O2S. The average molecular weight is 227 g/mol. The van der Waals surface area contributed by atoms with Gasteiger partial charge in [0.15, 0.2) is 5.03 Å². The van der Waals surface area contributed by atoms with Crippen molar-refractivity contribution in [1.82, 2.24) is 9.71 Å². The summed E-state index contributed by atoms with van der Waals surface area (Å²) in [4.78, 5) is 3.79. The molecule has 0 radical (unpaired) electrons. The third kappa shape index (κ3) is 2.10. The van der Waals surface area contributed by atoms with Crippen LogP contribution in [0.5, 0.6) is 0 Å². The van der Waals surface area contributed by atoms with Crippen LogP contribution < -0.4 is 10.5 Å². The van der Waals surface area contributed by atoms with Crippen LogP contribution in [0.4, 0.5) is 5.69 Å². The summed E-state index contributed by atoms with van der Waals surface area (Å²) in [5.74, 6) is 0. The first-order valence-corrected chi connectivity index (χ1v) is 6.31. The van der Waals surface area contributed by atoms with Crippen molar-refractivity contribution in [3.05, 3.63) is 18.3 Å². The Morgan fingerprint density at radius 1 is 1.47 bits per heavy atom. The average Bonchev–Trinajstić information content (AvgIpc) is 2.12. The molecule has 1 aliphatic rings. The van der Waals surface area contributed by atoms with Crippen molar-refractivity contribution in [1.29, 1.82) is 0 Å². The Morgan fingerprint density at radius 3 is 2.73 bits per heavy atom. The lowest BCUT2D eigenvalue weighted by molar-refractivity contribution is 0.383. The van der Waals surface area contributed by atoms with Crippen molar-refractivity contribution < 1.29 is 8.42 Å². The highest BCUT2D eigenvalue weighted by Crippen LogP contribution is 2.22. The van der Waals surface area contributed by atoms with Crippen molar-refractivity contribution in [3.8, 4) is 0 Å². The first-order chi connectivity index (χ1) is 7.09. The van der Waals surface area contributed by atoms with E-state index in [1.165, 1.54) is 12.3 Å². The van der Waals surface area contributed by atoms with E-state index in [1.54, 1.807) is 6.07 Å². The quantitative estimate of drug-likeness (QED) is 0.787. The van der Waals surface area contributed by atoms with Gasteiger partial charge in [-0.1, -0.05) is 6.42 Å². The molecule has 0 atom stereocenters. The molecule has 3 N–H and O–H groups in total. The van der Waals surface area contributed by atoms with Gasteiger partial charge in [-0.3, -0.25) is 0 Å². The second kappa shape index (κ2) is 3.79. The molecule has 1 heterocycles. The fraction of sp³-hybridized carbons (Fsp3) is 0.444. The van der Waals surface area contributed by atoms with E-state index in [9.17, 15) is 8.42 Å². The van der Waals surface area contributed by atoms with Gasteiger partial charge in [-0.05, 0) is 25.0 Å². The van der Waals surface area contributed by atoms with Crippen LogP contribution in [-0.2, 0) is 10.0 Å². The molecule has 2 rings (SSSR count). The molecule has 0 spiro atoms. The predicted molar refractivity (Wildman–Crippen MR) is 56.6 cm³/mol. The van der Waals surface area contributed by atoms with Gasteiger partial charge in [0.1, 0.15) is 0 Å². The second-order valence-corrected chi connectivity index (χ2v) is 5.28. The Morgan fingerprint density at radius 2 is 2.20 bits per heavy atom. The Bertz CT molecular complexity index is 454. The number of sulfonamides is 1. The van der Waals surface area contributed by atoms with Gasteiger partial charge in [-0.2, -0.15) is 0 Å². The largest absolute Gasteiger partial charge is 0.396 e. The maximum atomic E-state index is 11.8. The molecule has 1 aliphatic carbocycles. The van der Waals surface area contributed by atoms with Crippen LogP contribution in [-0.4, -0.2) is 19.4 Å². The molecule has 15 heavy (non-hydrogen) atoms.